The summed E-state index contributed by atoms with van der Waals surface area (Å²) in [5, 5.41) is 0. The van der Waals surface area contributed by atoms with E-state index in [1.807, 2.05) is 30.3 Å². The Morgan fingerprint density at radius 2 is 1.82 bits per heavy atom. The van der Waals surface area contributed by atoms with E-state index < -0.39 is 10.0 Å². The summed E-state index contributed by atoms with van der Waals surface area (Å²) in [6.45, 7) is 7.13. The first-order chi connectivity index (χ1) is 13.2. The number of rotatable bonds is 7. The molecule has 1 heterocycles. The molecule has 150 valence electrons. The Morgan fingerprint density at radius 1 is 1.11 bits per heavy atom. The molecule has 8 heteroatoms. The quantitative estimate of drug-likeness (QED) is 0.570. The largest absolute Gasteiger partial charge is 0.308 e. The van der Waals surface area contributed by atoms with Crippen LogP contribution in [0.4, 0.5) is 0 Å². The summed E-state index contributed by atoms with van der Waals surface area (Å²) >= 11 is 2.78. The number of nitrogens with zero attached hydrogens (tertiary/aromatic N) is 1. The van der Waals surface area contributed by atoms with Gasteiger partial charge in [0.1, 0.15) is 0 Å². The fourth-order valence-corrected chi connectivity index (χ4v) is 5.75. The number of thiazole rings is 1. The average molecular weight is 437 g/mol. The molecule has 0 aliphatic rings. The molecule has 1 N–H and O–H groups in total. The molecule has 0 spiro atoms. The zero-order chi connectivity index (χ0) is 20.4. The van der Waals surface area contributed by atoms with Gasteiger partial charge >= 0.3 is 4.87 Å². The van der Waals surface area contributed by atoms with Crippen LogP contribution in [-0.2, 0) is 16.6 Å². The highest BCUT2D eigenvalue weighted by Crippen LogP contribution is 2.24. The van der Waals surface area contributed by atoms with Crippen LogP contribution in [0.3, 0.4) is 0 Å². The number of hydrogen-bond acceptors (Lipinski definition) is 5. The van der Waals surface area contributed by atoms with Crippen molar-refractivity contribution in [2.45, 2.75) is 37.0 Å². The molecule has 0 saturated heterocycles. The Morgan fingerprint density at radius 3 is 2.50 bits per heavy atom. The molecule has 1 aromatic heterocycles. The van der Waals surface area contributed by atoms with Crippen molar-refractivity contribution in [1.82, 2.24) is 9.29 Å². The second kappa shape index (κ2) is 8.41. The molecule has 0 radical (unpaired) electrons. The van der Waals surface area contributed by atoms with E-state index in [1.165, 1.54) is 0 Å². The monoisotopic (exact) mass is 436 g/mol. The first-order valence-corrected chi connectivity index (χ1v) is 12.3. The van der Waals surface area contributed by atoms with Crippen LogP contribution in [0, 0.1) is 0 Å². The normalized spacial score (nSPS) is 12.5. The Bertz CT molecular complexity index is 1110. The highest BCUT2D eigenvalue weighted by atomic mass is 32.2. The fourth-order valence-electron chi connectivity index (χ4n) is 2.75. The van der Waals surface area contributed by atoms with Crippen LogP contribution in [0.5, 0.6) is 0 Å². The second-order valence-corrected chi connectivity index (χ2v) is 12.1. The maximum atomic E-state index is 12.6. The van der Waals surface area contributed by atoms with Crippen LogP contribution in [-0.4, -0.2) is 30.0 Å². The van der Waals surface area contributed by atoms with Gasteiger partial charge in [-0.1, -0.05) is 62.4 Å². The first-order valence-electron chi connectivity index (χ1n) is 8.97. The third-order valence-corrected chi connectivity index (χ3v) is 7.74. The predicted molar refractivity (Wildman–Crippen MR) is 119 cm³/mol. The molecule has 0 amide bonds. The molecule has 28 heavy (non-hydrogen) atoms. The van der Waals surface area contributed by atoms with Crippen LogP contribution < -0.4 is 9.60 Å². The van der Waals surface area contributed by atoms with Crippen LogP contribution in [0.15, 0.2) is 58.2 Å². The van der Waals surface area contributed by atoms with Crippen molar-refractivity contribution >= 4 is 43.3 Å². The van der Waals surface area contributed by atoms with Crippen molar-refractivity contribution in [3.05, 3.63) is 63.8 Å². The van der Waals surface area contributed by atoms with Gasteiger partial charge in [0.05, 0.1) is 21.7 Å². The molecule has 0 bridgehead atoms. The van der Waals surface area contributed by atoms with Gasteiger partial charge in [0, 0.05) is 17.0 Å². The highest BCUT2D eigenvalue weighted by molar-refractivity contribution is 8.00. The number of benzene rings is 2. The molecular formula is C20H24N2O3S3. The molecule has 0 aliphatic heterocycles. The highest BCUT2D eigenvalue weighted by Gasteiger charge is 2.17. The van der Waals surface area contributed by atoms with Gasteiger partial charge in [-0.2, -0.15) is 11.8 Å². The van der Waals surface area contributed by atoms with Gasteiger partial charge in [-0.25, -0.2) is 13.1 Å². The summed E-state index contributed by atoms with van der Waals surface area (Å²) in [6.07, 6.45) is 0. The van der Waals surface area contributed by atoms with Crippen LogP contribution in [0.2, 0.25) is 0 Å². The third kappa shape index (κ3) is 5.26. The maximum absolute atomic E-state index is 12.6. The number of hydrogen-bond donors (Lipinski definition) is 1. The van der Waals surface area contributed by atoms with Crippen molar-refractivity contribution in [3.8, 4) is 0 Å². The third-order valence-electron chi connectivity index (χ3n) is 4.06. The Balaban J connectivity index is 1.80. The zero-order valence-electron chi connectivity index (χ0n) is 16.1. The SMILES string of the molecule is CC(C)(C)SCCNS(=O)(=O)c1ccc2c(c1)sc(=O)n2Cc1ccccc1. The van der Waals surface area contributed by atoms with Gasteiger partial charge in [-0.05, 0) is 23.8 Å². The molecule has 0 atom stereocenters. The summed E-state index contributed by atoms with van der Waals surface area (Å²) in [4.78, 5) is 12.5. The van der Waals surface area contributed by atoms with Crippen molar-refractivity contribution in [3.63, 3.8) is 0 Å². The van der Waals surface area contributed by atoms with E-state index in [1.54, 1.807) is 34.5 Å². The number of fused-ring (bicyclic) bond motifs is 1. The smallest absolute Gasteiger partial charge is 0.294 e. The molecule has 3 aromatic rings. The van der Waals surface area contributed by atoms with E-state index in [0.29, 0.717) is 23.5 Å². The van der Waals surface area contributed by atoms with Gasteiger partial charge in [0.15, 0.2) is 0 Å². The maximum Gasteiger partial charge on any atom is 0.308 e. The zero-order valence-corrected chi connectivity index (χ0v) is 18.6. The summed E-state index contributed by atoms with van der Waals surface area (Å²) in [7, 11) is -3.60. The first kappa shape index (κ1) is 21.1. The van der Waals surface area contributed by atoms with Gasteiger partial charge in [0.2, 0.25) is 10.0 Å². The van der Waals surface area contributed by atoms with Crippen LogP contribution >= 0.6 is 23.1 Å². The second-order valence-electron chi connectivity index (χ2n) is 7.43. The molecule has 2 aromatic carbocycles. The lowest BCUT2D eigenvalue weighted by Crippen LogP contribution is -2.27. The molecule has 0 saturated carbocycles. The van der Waals surface area contributed by atoms with E-state index in [0.717, 1.165) is 22.4 Å². The lowest BCUT2D eigenvalue weighted by Gasteiger charge is -2.17. The number of aromatic nitrogens is 1. The summed E-state index contributed by atoms with van der Waals surface area (Å²) in [5.41, 5.74) is 1.78. The minimum Gasteiger partial charge on any atom is -0.294 e. The van der Waals surface area contributed by atoms with Gasteiger partial charge in [-0.3, -0.25) is 9.36 Å². The lowest BCUT2D eigenvalue weighted by molar-refractivity contribution is 0.584. The predicted octanol–water partition coefficient (Wildman–Crippen LogP) is 3.92. The Labute approximate surface area is 173 Å². The average Bonchev–Trinajstić information content (AvgIpc) is 2.94. The van der Waals surface area contributed by atoms with Crippen molar-refractivity contribution in [1.29, 1.82) is 0 Å². The molecule has 5 nitrogen and oxygen atoms in total. The van der Waals surface area contributed by atoms with Gasteiger partial charge in [0.25, 0.3) is 0 Å². The van der Waals surface area contributed by atoms with Gasteiger partial charge in [-0.15, -0.1) is 0 Å². The van der Waals surface area contributed by atoms with Crippen molar-refractivity contribution in [2.24, 2.45) is 0 Å². The minimum atomic E-state index is -3.60. The fraction of sp³-hybridized carbons (Fsp3) is 0.350. The van der Waals surface area contributed by atoms with E-state index in [2.05, 4.69) is 25.5 Å². The Kier molecular flexibility index (Phi) is 6.34. The topological polar surface area (TPSA) is 68.2 Å². The minimum absolute atomic E-state index is 0.0945. The molecule has 0 unspecified atom stereocenters. The standard InChI is InChI=1S/C20H24N2O3S3/c1-20(2,3)26-12-11-21-28(24,25)16-9-10-17-18(13-16)27-19(23)22(17)14-15-7-5-4-6-8-15/h4-10,13,21H,11-12,14H2,1-3H3. The van der Waals surface area contributed by atoms with E-state index in [4.69, 9.17) is 0 Å². The molecule has 0 aliphatic carbocycles. The number of nitrogens with one attached hydrogen (secondary N) is 1. The van der Waals surface area contributed by atoms with E-state index >= 15 is 0 Å². The number of thioether (sulfide) groups is 1. The Hall–Kier alpha value is -1.61. The molecule has 3 rings (SSSR count). The van der Waals surface area contributed by atoms with E-state index in [-0.39, 0.29) is 14.5 Å². The van der Waals surface area contributed by atoms with Crippen LogP contribution in [0.25, 0.3) is 10.2 Å². The van der Waals surface area contributed by atoms with Crippen molar-refractivity contribution < 1.29 is 8.42 Å². The molecular weight excluding hydrogens is 412 g/mol. The van der Waals surface area contributed by atoms with Crippen LogP contribution in [0.1, 0.15) is 26.3 Å². The summed E-state index contributed by atoms with van der Waals surface area (Å²) < 4.78 is 30.3. The van der Waals surface area contributed by atoms with E-state index in [9.17, 15) is 13.2 Å². The molecule has 0 fully saturated rings. The summed E-state index contributed by atoms with van der Waals surface area (Å²) in [5.74, 6) is 0.700. The number of sulfonamides is 1. The van der Waals surface area contributed by atoms with Gasteiger partial charge < -0.3 is 0 Å². The lowest BCUT2D eigenvalue weighted by atomic mass is 10.2. The van der Waals surface area contributed by atoms with Crippen molar-refractivity contribution in [2.75, 3.05) is 12.3 Å². The summed E-state index contributed by atoms with van der Waals surface area (Å²) in [6, 6.07) is 14.6.